The van der Waals surface area contributed by atoms with Crippen LogP contribution in [0.3, 0.4) is 0 Å². The number of carbonyl (C=O) groups is 1. The van der Waals surface area contributed by atoms with Crippen LogP contribution in [0.15, 0.2) is 0 Å². The average Bonchev–Trinajstić information content (AvgIpc) is 3.38. The molecule has 29 heavy (non-hydrogen) atoms. The Morgan fingerprint density at radius 3 is 2.34 bits per heavy atom. The molecule has 0 amide bonds. The van der Waals surface area contributed by atoms with Crippen molar-refractivity contribution in [2.24, 2.45) is 22.2 Å². The molecular weight excluding hydrogens is 372 g/mol. The molecule has 0 N–H and O–H groups in total. The summed E-state index contributed by atoms with van der Waals surface area (Å²) in [5.74, 6) is 0.551. The topological polar surface area (TPSA) is 63.2 Å². The second kappa shape index (κ2) is 7.47. The molecule has 7 atom stereocenters. The van der Waals surface area contributed by atoms with Crippen LogP contribution in [0.4, 0.5) is 0 Å². The largest absolute Gasteiger partial charge is 0.457 e. The summed E-state index contributed by atoms with van der Waals surface area (Å²) in [4.78, 5) is 12.4. The fourth-order valence-corrected chi connectivity index (χ4v) is 5.98. The molecule has 0 aromatic heterocycles. The Kier molecular flexibility index (Phi) is 5.55. The van der Waals surface area contributed by atoms with Crippen molar-refractivity contribution < 1.29 is 28.5 Å². The Labute approximate surface area is 174 Å². The second-order valence-corrected chi connectivity index (χ2v) is 11.1. The number of ether oxygens (including phenoxy) is 5. The van der Waals surface area contributed by atoms with E-state index in [0.29, 0.717) is 13.2 Å². The summed E-state index contributed by atoms with van der Waals surface area (Å²) in [7, 11) is 0. The van der Waals surface area contributed by atoms with Gasteiger partial charge in [-0.1, -0.05) is 27.7 Å². The van der Waals surface area contributed by atoms with E-state index in [-0.39, 0.29) is 54.1 Å². The van der Waals surface area contributed by atoms with Crippen LogP contribution >= 0.6 is 0 Å². The molecule has 2 saturated carbocycles. The number of esters is 1. The molecule has 2 saturated heterocycles. The monoisotopic (exact) mass is 410 g/mol. The summed E-state index contributed by atoms with van der Waals surface area (Å²) < 4.78 is 29.9. The quantitative estimate of drug-likeness (QED) is 0.471. The molecule has 2 aliphatic heterocycles. The zero-order valence-corrected chi connectivity index (χ0v) is 18.9. The molecule has 4 rings (SSSR count). The summed E-state index contributed by atoms with van der Waals surface area (Å²) in [5.41, 5.74) is -0.0359. The normalized spacial score (nSPS) is 43.0. The van der Waals surface area contributed by atoms with Gasteiger partial charge in [-0.15, -0.1) is 0 Å². The molecule has 0 aromatic carbocycles. The molecule has 6 nitrogen and oxygen atoms in total. The van der Waals surface area contributed by atoms with Gasteiger partial charge >= 0.3 is 5.97 Å². The van der Waals surface area contributed by atoms with E-state index in [2.05, 4.69) is 20.8 Å². The van der Waals surface area contributed by atoms with E-state index in [1.54, 1.807) is 0 Å². The van der Waals surface area contributed by atoms with Crippen molar-refractivity contribution in [3.05, 3.63) is 0 Å². The second-order valence-electron chi connectivity index (χ2n) is 11.1. The number of hydrogen-bond donors (Lipinski definition) is 0. The summed E-state index contributed by atoms with van der Waals surface area (Å²) >= 11 is 0. The van der Waals surface area contributed by atoms with Crippen molar-refractivity contribution in [3.63, 3.8) is 0 Å². The van der Waals surface area contributed by atoms with Gasteiger partial charge in [0, 0.05) is 0 Å². The van der Waals surface area contributed by atoms with Crippen LogP contribution in [-0.4, -0.2) is 56.5 Å². The minimum Gasteiger partial charge on any atom is -0.457 e. The minimum absolute atomic E-state index is 0.183. The van der Waals surface area contributed by atoms with E-state index < -0.39 is 5.41 Å². The molecule has 2 heterocycles. The summed E-state index contributed by atoms with van der Waals surface area (Å²) in [6, 6.07) is 0. The average molecular weight is 411 g/mol. The Balaban J connectivity index is 1.28. The fraction of sp³-hybridized carbons (Fsp3) is 0.957. The van der Waals surface area contributed by atoms with Gasteiger partial charge in [-0.05, 0) is 56.3 Å². The highest BCUT2D eigenvalue weighted by molar-refractivity contribution is 5.76. The molecular formula is C23H38O6. The Bertz CT molecular complexity index is 626. The van der Waals surface area contributed by atoms with E-state index in [1.807, 2.05) is 20.8 Å². The third-order valence-corrected chi connectivity index (χ3v) is 8.31. The Morgan fingerprint density at radius 1 is 1.07 bits per heavy atom. The lowest BCUT2D eigenvalue weighted by atomic mass is 9.70. The van der Waals surface area contributed by atoms with Crippen molar-refractivity contribution in [2.75, 3.05) is 20.0 Å². The highest BCUT2D eigenvalue weighted by Crippen LogP contribution is 2.63. The van der Waals surface area contributed by atoms with Gasteiger partial charge in [0.15, 0.2) is 6.10 Å². The van der Waals surface area contributed by atoms with Crippen molar-refractivity contribution in [1.29, 1.82) is 0 Å². The van der Waals surface area contributed by atoms with Gasteiger partial charge < -0.3 is 23.7 Å². The van der Waals surface area contributed by atoms with Crippen molar-refractivity contribution >= 4 is 5.97 Å². The molecule has 4 fully saturated rings. The summed E-state index contributed by atoms with van der Waals surface area (Å²) in [6.07, 6.45) is 3.76. The summed E-state index contributed by atoms with van der Waals surface area (Å²) in [5, 5.41) is 0. The highest BCUT2D eigenvalue weighted by atomic mass is 16.7. The van der Waals surface area contributed by atoms with Gasteiger partial charge in [0.1, 0.15) is 25.1 Å². The number of fused-ring (bicyclic) bond motifs is 3. The molecule has 0 spiro atoms. The third-order valence-electron chi connectivity index (χ3n) is 8.31. The van der Waals surface area contributed by atoms with Crippen molar-refractivity contribution in [2.45, 2.75) is 97.7 Å². The zero-order valence-electron chi connectivity index (χ0n) is 18.9. The Hall–Kier alpha value is -0.690. The molecule has 7 unspecified atom stereocenters. The van der Waals surface area contributed by atoms with Crippen LogP contribution in [-0.2, 0) is 28.5 Å². The number of hydrogen-bond acceptors (Lipinski definition) is 6. The molecule has 4 aliphatic rings. The first kappa shape index (κ1) is 21.5. The predicted molar refractivity (Wildman–Crippen MR) is 107 cm³/mol. The van der Waals surface area contributed by atoms with Gasteiger partial charge in [0.25, 0.3) is 0 Å². The first-order chi connectivity index (χ1) is 13.6. The molecule has 6 heteroatoms. The fourth-order valence-electron chi connectivity index (χ4n) is 5.98. The maximum absolute atomic E-state index is 12.4. The lowest BCUT2D eigenvalue weighted by Gasteiger charge is -2.42. The maximum atomic E-state index is 12.4. The Morgan fingerprint density at radius 2 is 1.72 bits per heavy atom. The van der Waals surface area contributed by atoms with Crippen molar-refractivity contribution in [1.82, 2.24) is 0 Å². The lowest BCUT2D eigenvalue weighted by molar-refractivity contribution is -0.184. The predicted octanol–water partition coefficient (Wildman–Crippen LogP) is 3.71. The highest BCUT2D eigenvalue weighted by Gasteiger charge is 2.60. The van der Waals surface area contributed by atoms with Crippen LogP contribution < -0.4 is 0 Å². The molecule has 0 aromatic rings. The van der Waals surface area contributed by atoms with Crippen LogP contribution in [0.25, 0.3) is 0 Å². The molecule has 0 radical (unpaired) electrons. The van der Waals surface area contributed by atoms with Crippen LogP contribution in [0.1, 0.15) is 67.2 Å². The number of rotatable bonds is 7. The van der Waals surface area contributed by atoms with Crippen LogP contribution in [0.5, 0.6) is 0 Å². The lowest BCUT2D eigenvalue weighted by Crippen LogP contribution is -2.43. The van der Waals surface area contributed by atoms with E-state index in [4.69, 9.17) is 23.7 Å². The van der Waals surface area contributed by atoms with Gasteiger partial charge in [0.2, 0.25) is 0 Å². The number of carbonyl (C=O) groups excluding carboxylic acids is 1. The summed E-state index contributed by atoms with van der Waals surface area (Å²) in [6.45, 7) is 13.9. The maximum Gasteiger partial charge on any atom is 0.311 e. The van der Waals surface area contributed by atoms with E-state index >= 15 is 0 Å². The SMILES string of the molecule is CCC(C)(C)C(=O)OC1COC2C(OCOC3C4(C)CCC(C4)C3(C)C)COC12. The van der Waals surface area contributed by atoms with Gasteiger partial charge in [-0.3, -0.25) is 4.79 Å². The third kappa shape index (κ3) is 3.64. The van der Waals surface area contributed by atoms with Crippen LogP contribution in [0, 0.1) is 22.2 Å². The van der Waals surface area contributed by atoms with Gasteiger partial charge in [-0.25, -0.2) is 0 Å². The molecule has 2 aliphatic carbocycles. The zero-order chi connectivity index (χ0) is 21.0. The van der Waals surface area contributed by atoms with Crippen molar-refractivity contribution in [3.8, 4) is 0 Å². The first-order valence-electron chi connectivity index (χ1n) is 11.3. The van der Waals surface area contributed by atoms with E-state index in [9.17, 15) is 4.79 Å². The van der Waals surface area contributed by atoms with E-state index in [1.165, 1.54) is 19.3 Å². The van der Waals surface area contributed by atoms with Gasteiger partial charge in [0.05, 0.1) is 24.7 Å². The van der Waals surface area contributed by atoms with Gasteiger partial charge in [-0.2, -0.15) is 0 Å². The minimum atomic E-state index is -0.496. The van der Waals surface area contributed by atoms with Crippen LogP contribution in [0.2, 0.25) is 0 Å². The smallest absolute Gasteiger partial charge is 0.311 e. The molecule has 166 valence electrons. The standard InChI is InChI=1S/C23H38O6/c1-7-21(2,3)20(24)29-16-12-26-17-15(11-25-18(16)17)27-13-28-19-22(4,5)14-8-9-23(19,6)10-14/h14-19H,7-13H2,1-6H3. The van der Waals surface area contributed by atoms with E-state index in [0.717, 1.165) is 12.3 Å². The molecule has 2 bridgehead atoms. The first-order valence-corrected chi connectivity index (χ1v) is 11.3.